The maximum absolute atomic E-state index is 14.0. The van der Waals surface area contributed by atoms with Gasteiger partial charge in [0, 0.05) is 61.2 Å². The van der Waals surface area contributed by atoms with Crippen LogP contribution < -0.4 is 10.6 Å². The number of carbonyl (C=O) groups excluding carboxylic acids is 1. The SMILES string of the molecule is Cc1ccc(NC(=O)c2ccc(CN3CCN(C)CC3)c(C(F)(F)F)c2)cc1Nc1nc(-c2cnc3ccc(F)cn23)cs1. The summed E-state index contributed by atoms with van der Waals surface area (Å²) in [5.74, 6) is -1.04. The number of hydrogen-bond donors (Lipinski definition) is 2. The highest BCUT2D eigenvalue weighted by atomic mass is 32.1. The number of likely N-dealkylation sites (N-methyl/N-ethyl adjacent to an activating group) is 1. The molecule has 44 heavy (non-hydrogen) atoms. The molecule has 1 saturated heterocycles. The lowest BCUT2D eigenvalue weighted by Crippen LogP contribution is -2.44. The van der Waals surface area contributed by atoms with E-state index in [0.717, 1.165) is 24.7 Å². The summed E-state index contributed by atoms with van der Waals surface area (Å²) < 4.78 is 57.5. The summed E-state index contributed by atoms with van der Waals surface area (Å²) in [6, 6.07) is 11.9. The molecule has 4 heterocycles. The number of aryl methyl sites for hydroxylation is 1. The van der Waals surface area contributed by atoms with Crippen LogP contribution in [0, 0.1) is 12.7 Å². The van der Waals surface area contributed by atoms with E-state index in [9.17, 15) is 22.4 Å². The minimum atomic E-state index is -4.59. The van der Waals surface area contributed by atoms with Gasteiger partial charge in [-0.25, -0.2) is 14.4 Å². The van der Waals surface area contributed by atoms with Crippen molar-refractivity contribution < 1.29 is 22.4 Å². The number of fused-ring (bicyclic) bond motifs is 1. The van der Waals surface area contributed by atoms with Crippen molar-refractivity contribution in [3.05, 3.63) is 94.4 Å². The molecule has 0 spiro atoms. The van der Waals surface area contributed by atoms with Crippen molar-refractivity contribution in [1.29, 1.82) is 0 Å². The van der Waals surface area contributed by atoms with Crippen molar-refractivity contribution in [2.45, 2.75) is 19.6 Å². The Morgan fingerprint density at radius 1 is 1.05 bits per heavy atom. The van der Waals surface area contributed by atoms with Crippen molar-refractivity contribution in [3.8, 4) is 11.4 Å². The first-order valence-electron chi connectivity index (χ1n) is 13.9. The van der Waals surface area contributed by atoms with E-state index in [2.05, 4.69) is 25.5 Å². The quantitative estimate of drug-likeness (QED) is 0.197. The molecule has 1 fully saturated rings. The van der Waals surface area contributed by atoms with E-state index in [-0.39, 0.29) is 17.7 Å². The van der Waals surface area contributed by atoms with E-state index in [1.165, 1.54) is 35.7 Å². The van der Waals surface area contributed by atoms with Gasteiger partial charge < -0.3 is 15.5 Å². The molecule has 8 nitrogen and oxygen atoms in total. The molecule has 0 radical (unpaired) electrons. The zero-order valence-corrected chi connectivity index (χ0v) is 24.8. The predicted molar refractivity (Wildman–Crippen MR) is 163 cm³/mol. The second-order valence-electron chi connectivity index (χ2n) is 10.8. The van der Waals surface area contributed by atoms with Crippen LogP contribution in [0.4, 0.5) is 34.1 Å². The van der Waals surface area contributed by atoms with E-state index in [4.69, 9.17) is 0 Å². The number of aromatic nitrogens is 3. The topological polar surface area (TPSA) is 77.8 Å². The number of rotatable bonds is 7. The van der Waals surface area contributed by atoms with Crippen molar-refractivity contribution in [2.75, 3.05) is 43.9 Å². The number of piperazine rings is 1. The summed E-state index contributed by atoms with van der Waals surface area (Å²) in [7, 11) is 1.99. The molecule has 6 rings (SSSR count). The van der Waals surface area contributed by atoms with Gasteiger partial charge in [-0.15, -0.1) is 11.3 Å². The van der Waals surface area contributed by atoms with Crippen molar-refractivity contribution >= 4 is 39.4 Å². The molecule has 3 aromatic heterocycles. The van der Waals surface area contributed by atoms with Crippen LogP contribution in [-0.2, 0) is 12.7 Å². The maximum atomic E-state index is 14.0. The van der Waals surface area contributed by atoms with Gasteiger partial charge in [-0.1, -0.05) is 12.1 Å². The molecule has 0 aliphatic carbocycles. The van der Waals surface area contributed by atoms with E-state index < -0.39 is 23.5 Å². The Morgan fingerprint density at radius 2 is 1.84 bits per heavy atom. The first kappa shape index (κ1) is 29.7. The molecular weight excluding hydrogens is 594 g/mol. The molecule has 2 N–H and O–H groups in total. The average molecular weight is 624 g/mol. The third-order valence-electron chi connectivity index (χ3n) is 7.64. The molecule has 1 amide bonds. The summed E-state index contributed by atoms with van der Waals surface area (Å²) in [6.07, 6.45) is -1.62. The Balaban J connectivity index is 1.18. The number of nitrogens with zero attached hydrogens (tertiary/aromatic N) is 5. The first-order valence-corrected chi connectivity index (χ1v) is 14.8. The minimum absolute atomic E-state index is 0.0800. The highest BCUT2D eigenvalue weighted by molar-refractivity contribution is 7.14. The number of halogens is 4. The van der Waals surface area contributed by atoms with E-state index >= 15 is 0 Å². The van der Waals surface area contributed by atoms with Gasteiger partial charge in [0.15, 0.2) is 5.13 Å². The molecule has 1 aliphatic rings. The molecule has 2 aromatic carbocycles. The monoisotopic (exact) mass is 623 g/mol. The smallest absolute Gasteiger partial charge is 0.331 e. The molecule has 0 saturated carbocycles. The number of alkyl halides is 3. The maximum Gasteiger partial charge on any atom is 0.416 e. The lowest BCUT2D eigenvalue weighted by molar-refractivity contribution is -0.138. The summed E-state index contributed by atoms with van der Waals surface area (Å²) in [6.45, 7) is 5.00. The molecule has 0 unspecified atom stereocenters. The van der Waals surface area contributed by atoms with Crippen LogP contribution >= 0.6 is 11.3 Å². The number of hydrogen-bond acceptors (Lipinski definition) is 7. The van der Waals surface area contributed by atoms with Gasteiger partial charge >= 0.3 is 6.18 Å². The fraction of sp³-hybridized carbons (Fsp3) is 0.258. The summed E-state index contributed by atoms with van der Waals surface area (Å²) in [5.41, 5.74) is 3.03. The van der Waals surface area contributed by atoms with Crippen LogP contribution in [-0.4, -0.2) is 63.3 Å². The third kappa shape index (κ3) is 6.44. The standard InChI is InChI=1S/C31H29F4N7OS/c1-19-3-7-23(14-25(19)38-30-39-26(18-44-30)27-15-36-28-8-6-22(32)17-42(27)28)37-29(43)20-4-5-21(24(13-20)31(33,34)35)16-41-11-9-40(2)10-12-41/h3-8,13-15,17-18H,9-12,16H2,1-2H3,(H,37,43)(H,38,39). The Morgan fingerprint density at radius 3 is 2.61 bits per heavy atom. The van der Waals surface area contributed by atoms with Crippen molar-refractivity contribution in [1.82, 2.24) is 24.2 Å². The summed E-state index contributed by atoms with van der Waals surface area (Å²) in [4.78, 5) is 26.1. The average Bonchev–Trinajstić information content (AvgIpc) is 3.62. The van der Waals surface area contributed by atoms with Gasteiger partial charge in [0.25, 0.3) is 5.91 Å². The second-order valence-corrected chi connectivity index (χ2v) is 11.7. The number of amides is 1. The van der Waals surface area contributed by atoms with E-state index in [0.29, 0.717) is 46.6 Å². The van der Waals surface area contributed by atoms with Gasteiger partial charge in [-0.3, -0.25) is 14.1 Å². The summed E-state index contributed by atoms with van der Waals surface area (Å²) >= 11 is 1.34. The van der Waals surface area contributed by atoms with Crippen LogP contribution in [0.5, 0.6) is 0 Å². The molecular formula is C31H29F4N7OS. The molecule has 1 aliphatic heterocycles. The van der Waals surface area contributed by atoms with Crippen molar-refractivity contribution in [2.24, 2.45) is 0 Å². The number of carbonyl (C=O) groups is 1. The molecule has 0 atom stereocenters. The fourth-order valence-electron chi connectivity index (χ4n) is 5.11. The molecule has 5 aromatic rings. The van der Waals surface area contributed by atoms with E-state index in [1.54, 1.807) is 34.9 Å². The summed E-state index contributed by atoms with van der Waals surface area (Å²) in [5, 5.41) is 8.35. The van der Waals surface area contributed by atoms with E-state index in [1.807, 2.05) is 24.3 Å². The Labute approximate surface area is 255 Å². The van der Waals surface area contributed by atoms with Crippen LogP contribution in [0.3, 0.4) is 0 Å². The zero-order valence-electron chi connectivity index (χ0n) is 24.0. The highest BCUT2D eigenvalue weighted by Crippen LogP contribution is 2.34. The largest absolute Gasteiger partial charge is 0.416 e. The first-order chi connectivity index (χ1) is 21.0. The molecule has 0 bridgehead atoms. The van der Waals surface area contributed by atoms with Gasteiger partial charge in [0.1, 0.15) is 17.2 Å². The normalized spacial score (nSPS) is 14.7. The number of nitrogens with one attached hydrogen (secondary N) is 2. The number of pyridine rings is 1. The molecule has 228 valence electrons. The third-order valence-corrected chi connectivity index (χ3v) is 8.40. The lowest BCUT2D eigenvalue weighted by atomic mass is 10.0. The Bertz CT molecular complexity index is 1830. The van der Waals surface area contributed by atoms with Gasteiger partial charge in [-0.2, -0.15) is 13.2 Å². The number of thiazole rings is 1. The number of benzene rings is 2. The Hall–Kier alpha value is -4.33. The Kier molecular flexibility index (Phi) is 8.10. The van der Waals surface area contributed by atoms with Gasteiger partial charge in [0.05, 0.1) is 17.5 Å². The predicted octanol–water partition coefficient (Wildman–Crippen LogP) is 6.67. The van der Waals surface area contributed by atoms with Crippen LogP contribution in [0.2, 0.25) is 0 Å². The minimum Gasteiger partial charge on any atom is -0.331 e. The van der Waals surface area contributed by atoms with Gasteiger partial charge in [-0.05, 0) is 61.5 Å². The molecule has 13 heteroatoms. The van der Waals surface area contributed by atoms with Gasteiger partial charge in [0.2, 0.25) is 0 Å². The lowest BCUT2D eigenvalue weighted by Gasteiger charge is -2.33. The van der Waals surface area contributed by atoms with Crippen LogP contribution in [0.15, 0.2) is 66.3 Å². The van der Waals surface area contributed by atoms with Crippen molar-refractivity contribution in [3.63, 3.8) is 0 Å². The van der Waals surface area contributed by atoms with Crippen LogP contribution in [0.1, 0.15) is 27.0 Å². The van der Waals surface area contributed by atoms with Crippen LogP contribution in [0.25, 0.3) is 17.0 Å². The fourth-order valence-corrected chi connectivity index (χ4v) is 5.83. The second kappa shape index (κ2) is 12.0. The zero-order chi connectivity index (χ0) is 31.0. The number of imidazole rings is 1. The number of anilines is 3. The highest BCUT2D eigenvalue weighted by Gasteiger charge is 2.34.